The fourth-order valence-electron chi connectivity index (χ4n) is 3.97. The van der Waals surface area contributed by atoms with Gasteiger partial charge in [0.1, 0.15) is 11.4 Å². The number of sulfone groups is 1. The van der Waals surface area contributed by atoms with Crippen LogP contribution in [0.1, 0.15) is 30.7 Å². The van der Waals surface area contributed by atoms with Crippen LogP contribution in [0.15, 0.2) is 77.8 Å². The molecule has 194 valence electrons. The minimum absolute atomic E-state index is 0.0718. The molecular weight excluding hydrogens is 505 g/mol. The van der Waals surface area contributed by atoms with E-state index in [1.165, 1.54) is 54.9 Å². The molecule has 2 N–H and O–H groups in total. The molecule has 0 aliphatic rings. The first kappa shape index (κ1) is 26.6. The van der Waals surface area contributed by atoms with E-state index in [0.29, 0.717) is 16.7 Å². The van der Waals surface area contributed by atoms with Crippen LogP contribution in [-0.2, 0) is 28.2 Å². The zero-order valence-electron chi connectivity index (χ0n) is 20.3. The third kappa shape index (κ3) is 5.46. The van der Waals surface area contributed by atoms with Gasteiger partial charge in [0.15, 0.2) is 9.84 Å². The van der Waals surface area contributed by atoms with Gasteiger partial charge in [-0.25, -0.2) is 13.4 Å². The van der Waals surface area contributed by atoms with Crippen molar-refractivity contribution < 1.29 is 31.8 Å². The molecule has 1 heterocycles. The number of imidazole rings is 1. The molecule has 1 aromatic heterocycles. The first-order valence-corrected chi connectivity index (χ1v) is 13.1. The van der Waals surface area contributed by atoms with E-state index in [-0.39, 0.29) is 34.3 Å². The summed E-state index contributed by atoms with van der Waals surface area (Å²) in [7, 11) is -3.86. The first-order valence-electron chi connectivity index (χ1n) is 11.2. The maximum absolute atomic E-state index is 13.9. The van der Waals surface area contributed by atoms with Crippen molar-refractivity contribution in [3.05, 3.63) is 89.7 Å². The highest BCUT2D eigenvalue weighted by atomic mass is 32.2. The van der Waals surface area contributed by atoms with E-state index < -0.39 is 27.2 Å². The van der Waals surface area contributed by atoms with Gasteiger partial charge in [0, 0.05) is 18.0 Å². The van der Waals surface area contributed by atoms with Gasteiger partial charge in [0.2, 0.25) is 0 Å². The molecule has 6 nitrogen and oxygen atoms in total. The Balaban J connectivity index is 2.00. The van der Waals surface area contributed by atoms with Crippen molar-refractivity contribution in [2.24, 2.45) is 0 Å². The summed E-state index contributed by atoms with van der Waals surface area (Å²) in [5, 5.41) is 19.9. The van der Waals surface area contributed by atoms with Gasteiger partial charge >= 0.3 is 6.18 Å². The maximum Gasteiger partial charge on any atom is 0.417 e. The van der Waals surface area contributed by atoms with E-state index in [1.54, 1.807) is 30.3 Å². The Morgan fingerprint density at radius 3 is 2.14 bits per heavy atom. The zero-order chi connectivity index (χ0) is 27.2. The molecule has 0 amide bonds. The van der Waals surface area contributed by atoms with Crippen molar-refractivity contribution in [1.29, 1.82) is 0 Å². The number of rotatable bonds is 6. The number of aliphatic hydroxyl groups excluding tert-OH is 1. The number of benzene rings is 3. The van der Waals surface area contributed by atoms with Gasteiger partial charge in [-0.15, -0.1) is 0 Å². The van der Waals surface area contributed by atoms with E-state index in [1.807, 2.05) is 0 Å². The lowest BCUT2D eigenvalue weighted by Gasteiger charge is -2.16. The Kier molecular flexibility index (Phi) is 6.78. The molecule has 0 fully saturated rings. The number of hydrogen-bond acceptors (Lipinski definition) is 5. The normalized spacial score (nSPS) is 12.6. The van der Waals surface area contributed by atoms with Crippen LogP contribution in [0, 0.1) is 0 Å². The van der Waals surface area contributed by atoms with Crippen molar-refractivity contribution >= 4 is 9.84 Å². The fourth-order valence-corrected chi connectivity index (χ4v) is 4.85. The average molecular weight is 531 g/mol. The summed E-state index contributed by atoms with van der Waals surface area (Å²) in [5.74, 6) is -0.157. The van der Waals surface area contributed by atoms with E-state index in [2.05, 4.69) is 4.98 Å². The summed E-state index contributed by atoms with van der Waals surface area (Å²) in [6, 6.07) is 16.4. The topological polar surface area (TPSA) is 92.4 Å². The van der Waals surface area contributed by atoms with Crippen LogP contribution in [0.25, 0.3) is 28.2 Å². The summed E-state index contributed by atoms with van der Waals surface area (Å²) >= 11 is 0. The second-order valence-corrected chi connectivity index (χ2v) is 11.2. The van der Waals surface area contributed by atoms with E-state index in [0.717, 1.165) is 12.3 Å². The van der Waals surface area contributed by atoms with Crippen LogP contribution in [0.4, 0.5) is 13.2 Å². The summed E-state index contributed by atoms with van der Waals surface area (Å²) in [5.41, 5.74) is -0.593. The predicted molar refractivity (Wildman–Crippen MR) is 134 cm³/mol. The van der Waals surface area contributed by atoms with Crippen molar-refractivity contribution in [2.45, 2.75) is 37.1 Å². The summed E-state index contributed by atoms with van der Waals surface area (Å²) in [6.07, 6.45) is -2.32. The Labute approximate surface area is 212 Å². The standard InChI is InChI=1S/C27H25F3N2O4S/c1-26(2,34)24-15-32(25(31-24)20-6-4-5-7-21(20)27(28,29)30)22-13-12-19(14-23(22)37(3,35)36)18-10-8-17(16-33)9-11-18/h4-15,33-34H,16H2,1-3H3. The highest BCUT2D eigenvalue weighted by molar-refractivity contribution is 7.90. The van der Waals surface area contributed by atoms with Crippen LogP contribution in [0.2, 0.25) is 0 Å². The average Bonchev–Trinajstić information content (AvgIpc) is 3.29. The molecule has 0 aliphatic carbocycles. The number of hydrogen-bond donors (Lipinski definition) is 2. The molecule has 0 saturated carbocycles. The second kappa shape index (κ2) is 9.44. The highest BCUT2D eigenvalue weighted by Gasteiger charge is 2.35. The number of aromatic nitrogens is 2. The largest absolute Gasteiger partial charge is 0.417 e. The highest BCUT2D eigenvalue weighted by Crippen LogP contribution is 2.39. The van der Waals surface area contributed by atoms with Gasteiger partial charge in [-0.1, -0.05) is 48.5 Å². The molecule has 37 heavy (non-hydrogen) atoms. The Hall–Kier alpha value is -3.47. The monoisotopic (exact) mass is 530 g/mol. The molecule has 4 aromatic rings. The van der Waals surface area contributed by atoms with Crippen LogP contribution < -0.4 is 0 Å². The Bertz CT molecular complexity index is 1550. The molecule has 0 unspecified atom stereocenters. The van der Waals surface area contributed by atoms with Gasteiger partial charge in [-0.05, 0) is 48.7 Å². The molecule has 0 bridgehead atoms. The third-order valence-corrected chi connectivity index (χ3v) is 7.02. The van der Waals surface area contributed by atoms with Gasteiger partial charge in [-0.3, -0.25) is 4.57 Å². The first-order chi connectivity index (χ1) is 17.2. The summed E-state index contributed by atoms with van der Waals surface area (Å²) in [6.45, 7) is 2.74. The number of nitrogens with zero attached hydrogens (tertiary/aromatic N) is 2. The molecular formula is C27H25F3N2O4S. The molecule has 0 atom stereocenters. The van der Waals surface area contributed by atoms with E-state index in [4.69, 9.17) is 0 Å². The van der Waals surface area contributed by atoms with Gasteiger partial charge in [0.25, 0.3) is 0 Å². The molecule has 4 rings (SSSR count). The van der Waals surface area contributed by atoms with E-state index in [9.17, 15) is 31.8 Å². The molecule has 10 heteroatoms. The molecule has 0 radical (unpaired) electrons. The fraction of sp³-hybridized carbons (Fsp3) is 0.222. The van der Waals surface area contributed by atoms with Gasteiger partial charge in [-0.2, -0.15) is 13.2 Å². The van der Waals surface area contributed by atoms with Crippen LogP contribution in [0.3, 0.4) is 0 Å². The van der Waals surface area contributed by atoms with Crippen LogP contribution >= 0.6 is 0 Å². The van der Waals surface area contributed by atoms with E-state index >= 15 is 0 Å². The third-order valence-electron chi connectivity index (χ3n) is 5.89. The Morgan fingerprint density at radius 2 is 1.57 bits per heavy atom. The SMILES string of the molecule is CC(C)(O)c1cn(-c2ccc(-c3ccc(CO)cc3)cc2S(C)(=O)=O)c(-c2ccccc2C(F)(F)F)n1. The predicted octanol–water partition coefficient (Wildman–Crippen LogP) is 5.35. The number of aliphatic hydroxyl groups is 2. The maximum atomic E-state index is 13.9. The van der Waals surface area contributed by atoms with Crippen molar-refractivity contribution in [2.75, 3.05) is 6.26 Å². The van der Waals surface area contributed by atoms with Crippen molar-refractivity contribution in [3.8, 4) is 28.2 Å². The Morgan fingerprint density at radius 1 is 0.946 bits per heavy atom. The lowest BCUT2D eigenvalue weighted by Crippen LogP contribution is -2.16. The van der Waals surface area contributed by atoms with Gasteiger partial charge < -0.3 is 10.2 Å². The zero-order valence-corrected chi connectivity index (χ0v) is 21.1. The quantitative estimate of drug-likeness (QED) is 0.351. The second-order valence-electron chi connectivity index (χ2n) is 9.23. The molecule has 0 spiro atoms. The van der Waals surface area contributed by atoms with Crippen molar-refractivity contribution in [1.82, 2.24) is 9.55 Å². The number of alkyl halides is 3. The van der Waals surface area contributed by atoms with Crippen LogP contribution in [-0.4, -0.2) is 34.4 Å². The van der Waals surface area contributed by atoms with Crippen molar-refractivity contribution in [3.63, 3.8) is 0 Å². The summed E-state index contributed by atoms with van der Waals surface area (Å²) < 4.78 is 68.7. The minimum Gasteiger partial charge on any atom is -0.392 e. The smallest absolute Gasteiger partial charge is 0.392 e. The van der Waals surface area contributed by atoms with Gasteiger partial charge in [0.05, 0.1) is 28.4 Å². The van der Waals surface area contributed by atoms with Crippen LogP contribution in [0.5, 0.6) is 0 Å². The molecule has 0 saturated heterocycles. The lowest BCUT2D eigenvalue weighted by atomic mass is 10.0. The minimum atomic E-state index is -4.69. The molecule has 3 aromatic carbocycles. The molecule has 0 aliphatic heterocycles. The number of halogens is 3. The summed E-state index contributed by atoms with van der Waals surface area (Å²) in [4.78, 5) is 4.20. The lowest BCUT2D eigenvalue weighted by molar-refractivity contribution is -0.137.